The molecule has 0 radical (unpaired) electrons. The summed E-state index contributed by atoms with van der Waals surface area (Å²) in [5.41, 5.74) is -1.96. The SMILES string of the molecule is CC(C)CC(=CC#N)c1c(F)c(F)c(CC#N)c(F)c1F. The smallest absolute Gasteiger partial charge is 0.169 e. The Hall–Kier alpha value is -2.34. The molecular weight excluding hydrogens is 284 g/mol. The number of hydrogen-bond acceptors (Lipinski definition) is 2. The van der Waals surface area contributed by atoms with E-state index in [1.165, 1.54) is 6.07 Å². The third kappa shape index (κ3) is 3.41. The second-order valence-electron chi connectivity index (χ2n) is 4.84. The van der Waals surface area contributed by atoms with Crippen molar-refractivity contribution in [3.8, 4) is 12.1 Å². The summed E-state index contributed by atoms with van der Waals surface area (Å²) in [5.74, 6) is -6.44. The van der Waals surface area contributed by atoms with E-state index in [1.54, 1.807) is 19.9 Å². The van der Waals surface area contributed by atoms with Crippen LogP contribution in [0.1, 0.15) is 31.4 Å². The van der Waals surface area contributed by atoms with E-state index in [-0.39, 0.29) is 17.9 Å². The molecule has 0 spiro atoms. The van der Waals surface area contributed by atoms with Gasteiger partial charge in [-0.15, -0.1) is 0 Å². The van der Waals surface area contributed by atoms with E-state index in [1.807, 2.05) is 0 Å². The zero-order valence-corrected chi connectivity index (χ0v) is 11.5. The minimum Gasteiger partial charge on any atom is -0.203 e. The van der Waals surface area contributed by atoms with Crippen LogP contribution in [0.3, 0.4) is 0 Å². The molecule has 1 aromatic carbocycles. The molecule has 0 heterocycles. The van der Waals surface area contributed by atoms with Gasteiger partial charge in [-0.3, -0.25) is 0 Å². The average molecular weight is 296 g/mol. The molecule has 0 unspecified atom stereocenters. The van der Waals surface area contributed by atoms with E-state index in [0.29, 0.717) is 0 Å². The Labute approximate surface area is 119 Å². The molecule has 1 aromatic rings. The first kappa shape index (κ1) is 16.7. The van der Waals surface area contributed by atoms with Gasteiger partial charge in [0.2, 0.25) is 0 Å². The molecule has 0 aliphatic carbocycles. The number of halogens is 4. The molecule has 0 saturated heterocycles. The topological polar surface area (TPSA) is 47.6 Å². The van der Waals surface area contributed by atoms with Gasteiger partial charge in [0.1, 0.15) is 0 Å². The molecule has 0 fully saturated rings. The van der Waals surface area contributed by atoms with Gasteiger partial charge in [-0.25, -0.2) is 17.6 Å². The van der Waals surface area contributed by atoms with Crippen LogP contribution in [0.5, 0.6) is 0 Å². The molecule has 1 rings (SSSR count). The number of rotatable bonds is 4. The maximum atomic E-state index is 14.0. The third-order valence-electron chi connectivity index (χ3n) is 2.80. The molecule has 110 valence electrons. The van der Waals surface area contributed by atoms with Crippen molar-refractivity contribution >= 4 is 5.57 Å². The Morgan fingerprint density at radius 3 is 1.95 bits per heavy atom. The quantitative estimate of drug-likeness (QED) is 0.473. The third-order valence-corrected chi connectivity index (χ3v) is 2.80. The lowest BCUT2D eigenvalue weighted by molar-refractivity contribution is 0.438. The van der Waals surface area contributed by atoms with Crippen LogP contribution in [0.2, 0.25) is 0 Å². The number of allylic oxidation sites excluding steroid dienone is 2. The van der Waals surface area contributed by atoms with Crippen LogP contribution >= 0.6 is 0 Å². The predicted molar refractivity (Wildman–Crippen MR) is 68.6 cm³/mol. The zero-order valence-electron chi connectivity index (χ0n) is 11.5. The van der Waals surface area contributed by atoms with Crippen molar-refractivity contribution in [3.63, 3.8) is 0 Å². The van der Waals surface area contributed by atoms with Gasteiger partial charge in [0, 0.05) is 11.6 Å². The molecular formula is C15H12F4N2. The Morgan fingerprint density at radius 1 is 1.05 bits per heavy atom. The Kier molecular flexibility index (Phi) is 5.49. The van der Waals surface area contributed by atoms with E-state index in [4.69, 9.17) is 10.5 Å². The van der Waals surface area contributed by atoms with Crippen LogP contribution in [0, 0.1) is 51.8 Å². The highest BCUT2D eigenvalue weighted by Gasteiger charge is 2.27. The summed E-state index contributed by atoms with van der Waals surface area (Å²) < 4.78 is 55.6. The van der Waals surface area contributed by atoms with Crippen LogP contribution in [-0.2, 0) is 6.42 Å². The second kappa shape index (κ2) is 6.90. The fourth-order valence-corrected chi connectivity index (χ4v) is 1.94. The largest absolute Gasteiger partial charge is 0.203 e. The van der Waals surface area contributed by atoms with E-state index in [0.717, 1.165) is 6.08 Å². The maximum absolute atomic E-state index is 14.0. The van der Waals surface area contributed by atoms with Crippen molar-refractivity contribution < 1.29 is 17.6 Å². The van der Waals surface area contributed by atoms with Crippen LogP contribution in [-0.4, -0.2) is 0 Å². The van der Waals surface area contributed by atoms with Gasteiger partial charge in [-0.1, -0.05) is 13.8 Å². The zero-order chi connectivity index (χ0) is 16.2. The Balaban J connectivity index is 3.62. The predicted octanol–water partition coefficient (Wildman–Crippen LogP) is 4.26. The number of nitrogens with zero attached hydrogens (tertiary/aromatic N) is 2. The Bertz CT molecular complexity index is 635. The van der Waals surface area contributed by atoms with Crippen LogP contribution in [0.4, 0.5) is 17.6 Å². The first-order valence-corrected chi connectivity index (χ1v) is 6.15. The highest BCUT2D eigenvalue weighted by molar-refractivity contribution is 5.69. The van der Waals surface area contributed by atoms with Crippen molar-refractivity contribution in [2.24, 2.45) is 5.92 Å². The molecule has 0 N–H and O–H groups in total. The number of nitriles is 2. The minimum atomic E-state index is -1.60. The molecule has 0 aliphatic heterocycles. The van der Waals surface area contributed by atoms with Crippen LogP contribution in [0.25, 0.3) is 5.57 Å². The molecule has 0 bridgehead atoms. The molecule has 0 aromatic heterocycles. The molecule has 21 heavy (non-hydrogen) atoms. The molecule has 6 heteroatoms. The normalized spacial score (nSPS) is 11.4. The van der Waals surface area contributed by atoms with E-state index >= 15 is 0 Å². The lowest BCUT2D eigenvalue weighted by atomic mass is 9.93. The Morgan fingerprint density at radius 2 is 1.57 bits per heavy atom. The monoisotopic (exact) mass is 296 g/mol. The summed E-state index contributed by atoms with van der Waals surface area (Å²) in [6.45, 7) is 3.47. The summed E-state index contributed by atoms with van der Waals surface area (Å²) in [5, 5.41) is 17.1. The van der Waals surface area contributed by atoms with Gasteiger partial charge in [0.25, 0.3) is 0 Å². The number of hydrogen-bond donors (Lipinski definition) is 0. The van der Waals surface area contributed by atoms with E-state index in [9.17, 15) is 17.6 Å². The number of benzene rings is 1. The van der Waals surface area contributed by atoms with Crippen molar-refractivity contribution in [2.75, 3.05) is 0 Å². The minimum absolute atomic E-state index is 0.0756. The fraction of sp³-hybridized carbons (Fsp3) is 0.333. The van der Waals surface area contributed by atoms with Crippen molar-refractivity contribution in [1.82, 2.24) is 0 Å². The summed E-state index contributed by atoms with van der Waals surface area (Å²) >= 11 is 0. The average Bonchev–Trinajstić information content (AvgIpc) is 2.41. The first-order chi connectivity index (χ1) is 9.84. The molecule has 2 nitrogen and oxygen atoms in total. The van der Waals surface area contributed by atoms with Crippen molar-refractivity contribution in [2.45, 2.75) is 26.7 Å². The van der Waals surface area contributed by atoms with Gasteiger partial charge in [0.15, 0.2) is 23.3 Å². The summed E-state index contributed by atoms with van der Waals surface area (Å²) in [6.07, 6.45) is 0.162. The van der Waals surface area contributed by atoms with Gasteiger partial charge in [-0.2, -0.15) is 10.5 Å². The fourth-order valence-electron chi connectivity index (χ4n) is 1.94. The lowest BCUT2D eigenvalue weighted by Gasteiger charge is -2.14. The summed E-state index contributed by atoms with van der Waals surface area (Å²) in [7, 11) is 0. The van der Waals surface area contributed by atoms with E-state index in [2.05, 4.69) is 0 Å². The van der Waals surface area contributed by atoms with Crippen LogP contribution in [0.15, 0.2) is 6.08 Å². The van der Waals surface area contributed by atoms with E-state index < -0.39 is 40.8 Å². The van der Waals surface area contributed by atoms with Gasteiger partial charge in [0.05, 0.1) is 24.1 Å². The van der Waals surface area contributed by atoms with Crippen molar-refractivity contribution in [3.05, 3.63) is 40.5 Å². The van der Waals surface area contributed by atoms with Gasteiger partial charge < -0.3 is 0 Å². The molecule has 0 saturated carbocycles. The molecule has 0 aliphatic rings. The van der Waals surface area contributed by atoms with Crippen LogP contribution < -0.4 is 0 Å². The summed E-state index contributed by atoms with van der Waals surface area (Å²) in [6, 6.07) is 3.06. The molecule has 0 atom stereocenters. The first-order valence-electron chi connectivity index (χ1n) is 6.15. The maximum Gasteiger partial charge on any atom is 0.169 e. The highest BCUT2D eigenvalue weighted by atomic mass is 19.2. The highest BCUT2D eigenvalue weighted by Crippen LogP contribution is 2.32. The standard InChI is InChI=1S/C15H12F4N2/c1-8(2)7-9(3-5-20)11-14(18)12(16)10(4-6-21)13(17)15(11)19/h3,8H,4,7H2,1-2H3. The second-order valence-corrected chi connectivity index (χ2v) is 4.84. The molecule has 0 amide bonds. The van der Waals surface area contributed by atoms with Gasteiger partial charge in [-0.05, 0) is 17.9 Å². The van der Waals surface area contributed by atoms with Crippen molar-refractivity contribution in [1.29, 1.82) is 10.5 Å². The summed E-state index contributed by atoms with van der Waals surface area (Å²) in [4.78, 5) is 0. The lowest BCUT2D eigenvalue weighted by Crippen LogP contribution is -2.09. The van der Waals surface area contributed by atoms with Gasteiger partial charge >= 0.3 is 0 Å².